The summed E-state index contributed by atoms with van der Waals surface area (Å²) < 4.78 is 8.43. The average Bonchev–Trinajstić information content (AvgIpc) is 3.33. The van der Waals surface area contributed by atoms with Gasteiger partial charge in [-0.1, -0.05) is 48.0 Å². The van der Waals surface area contributed by atoms with Gasteiger partial charge in [-0.15, -0.1) is 0 Å². The number of aromatic nitrogens is 4. The molecule has 0 saturated heterocycles. The maximum Gasteiger partial charge on any atom is 0.319 e. The lowest BCUT2D eigenvalue weighted by molar-refractivity contribution is -0.885. The second-order valence-electron chi connectivity index (χ2n) is 9.64. The summed E-state index contributed by atoms with van der Waals surface area (Å²) in [5, 5.41) is 7.61. The van der Waals surface area contributed by atoms with Crippen molar-refractivity contribution in [3.05, 3.63) is 35.5 Å². The average molecular weight is 476 g/mol. The molecular weight excluding hydrogens is 436 g/mol. The zero-order valence-electron chi connectivity index (χ0n) is 21.4. The van der Waals surface area contributed by atoms with Gasteiger partial charge in [0.15, 0.2) is 5.69 Å². The Kier molecular flexibility index (Phi) is 9.55. The zero-order valence-corrected chi connectivity index (χ0v) is 21.4. The van der Waals surface area contributed by atoms with E-state index in [0.29, 0.717) is 17.4 Å². The first kappa shape index (κ1) is 27.2. The highest BCUT2D eigenvalue weighted by atomic mass is 16.6. The van der Waals surface area contributed by atoms with E-state index in [4.69, 9.17) is 15.3 Å². The van der Waals surface area contributed by atoms with Gasteiger partial charge in [-0.3, -0.25) is 14.4 Å². The number of nitrogens with zero attached hydrogens (tertiary/aromatic N) is 4. The van der Waals surface area contributed by atoms with Crippen LogP contribution in [-0.4, -0.2) is 52.9 Å². The van der Waals surface area contributed by atoms with Gasteiger partial charge < -0.3 is 15.8 Å². The number of esters is 1. The van der Waals surface area contributed by atoms with Crippen LogP contribution in [-0.2, 0) is 22.4 Å². The van der Waals surface area contributed by atoms with E-state index in [1.807, 2.05) is 20.8 Å². The lowest BCUT2D eigenvalue weighted by atomic mass is 9.87. The molecule has 0 radical (unpaired) electrons. The molecule has 2 aromatic rings. The van der Waals surface area contributed by atoms with Crippen molar-refractivity contribution < 1.29 is 23.9 Å². The molecule has 0 fully saturated rings. The molecule has 3 N–H and O–H groups in total. The molecular formula is C24H39N6O4+. The van der Waals surface area contributed by atoms with E-state index < -0.39 is 12.0 Å². The molecule has 1 aliphatic carbocycles. The molecule has 0 spiro atoms. The van der Waals surface area contributed by atoms with E-state index in [-0.39, 0.29) is 24.5 Å². The minimum atomic E-state index is -0.510. The summed E-state index contributed by atoms with van der Waals surface area (Å²) in [4.78, 5) is 34.4. The highest BCUT2D eigenvalue weighted by Crippen LogP contribution is 2.31. The fraction of sp³-hybridized carbons (Fsp3) is 0.625. The maximum absolute atomic E-state index is 13.2. The van der Waals surface area contributed by atoms with E-state index in [1.165, 1.54) is 11.2 Å². The summed E-state index contributed by atoms with van der Waals surface area (Å²) in [6, 6.07) is -0.402. The fourth-order valence-corrected chi connectivity index (χ4v) is 3.59. The largest absolute Gasteiger partial charge is 0.463 e. The number of carbonyl (C=O) groups excluding carboxylic acids is 2. The van der Waals surface area contributed by atoms with Crippen molar-refractivity contribution in [2.24, 2.45) is 17.1 Å². The Morgan fingerprint density at radius 2 is 2.00 bits per heavy atom. The molecule has 0 saturated carbocycles. The Balaban J connectivity index is 0.00000129. The Labute approximate surface area is 201 Å². The van der Waals surface area contributed by atoms with Crippen LogP contribution >= 0.6 is 0 Å². The van der Waals surface area contributed by atoms with Crippen molar-refractivity contribution in [3.8, 4) is 5.82 Å². The first-order chi connectivity index (χ1) is 16.0. The van der Waals surface area contributed by atoms with Gasteiger partial charge in [-0.2, -0.15) is 5.10 Å². The summed E-state index contributed by atoms with van der Waals surface area (Å²) >= 11 is 0. The third-order valence-electron chi connectivity index (χ3n) is 5.42. The first-order valence-electron chi connectivity index (χ1n) is 11.7. The summed E-state index contributed by atoms with van der Waals surface area (Å²) in [5.41, 5.74) is 7.25. The number of ether oxygens (including phenoxy) is 1. The van der Waals surface area contributed by atoms with Crippen molar-refractivity contribution >= 4 is 11.9 Å². The second-order valence-corrected chi connectivity index (χ2v) is 9.64. The van der Waals surface area contributed by atoms with Crippen LogP contribution in [0.3, 0.4) is 0 Å². The normalized spacial score (nSPS) is 15.6. The number of carbonyl (C=O) groups is 2. The summed E-state index contributed by atoms with van der Waals surface area (Å²) in [7, 11) is 1.56. The molecule has 188 valence electrons. The van der Waals surface area contributed by atoms with Gasteiger partial charge in [0.25, 0.3) is 12.1 Å². The molecule has 3 rings (SSSR count). The van der Waals surface area contributed by atoms with Gasteiger partial charge in [0, 0.05) is 10.3 Å². The minimum absolute atomic E-state index is 0.0403. The molecule has 0 bridgehead atoms. The first-order valence-corrected chi connectivity index (χ1v) is 11.7. The lowest BCUT2D eigenvalue weighted by Crippen LogP contribution is -2.47. The number of nitrogens with two attached hydrogens (primary N) is 1. The van der Waals surface area contributed by atoms with Crippen molar-refractivity contribution in [3.63, 3.8) is 0 Å². The van der Waals surface area contributed by atoms with Crippen molar-refractivity contribution in [2.75, 3.05) is 20.3 Å². The molecule has 10 nitrogen and oxygen atoms in total. The van der Waals surface area contributed by atoms with Crippen LogP contribution in [0.5, 0.6) is 0 Å². The predicted molar refractivity (Wildman–Crippen MR) is 127 cm³/mol. The molecule has 2 heterocycles. The lowest BCUT2D eigenvalue weighted by Gasteiger charge is -2.30. The second kappa shape index (κ2) is 11.9. The molecule has 2 aromatic heterocycles. The van der Waals surface area contributed by atoms with Crippen molar-refractivity contribution in [1.29, 1.82) is 0 Å². The van der Waals surface area contributed by atoms with Gasteiger partial charge >= 0.3 is 5.97 Å². The minimum Gasteiger partial charge on any atom is -0.463 e. The number of nitrogens with one attached hydrogen (secondary N) is 1. The van der Waals surface area contributed by atoms with E-state index >= 15 is 0 Å². The van der Waals surface area contributed by atoms with Gasteiger partial charge in [-0.25, -0.2) is 9.67 Å². The van der Waals surface area contributed by atoms with E-state index in [0.717, 1.165) is 24.1 Å². The molecule has 2 unspecified atom stereocenters. The van der Waals surface area contributed by atoms with E-state index in [1.54, 1.807) is 30.4 Å². The highest BCUT2D eigenvalue weighted by molar-refractivity contribution is 5.94. The predicted octanol–water partition coefficient (Wildman–Crippen LogP) is 1.41. The van der Waals surface area contributed by atoms with Gasteiger partial charge in [-0.05, 0) is 24.2 Å². The van der Waals surface area contributed by atoms with E-state index in [2.05, 4.69) is 36.2 Å². The quantitative estimate of drug-likeness (QED) is 0.458. The van der Waals surface area contributed by atoms with Crippen molar-refractivity contribution in [2.45, 2.75) is 66.8 Å². The molecule has 1 amide bonds. The Hall–Kier alpha value is -3.01. The Morgan fingerprint density at radius 1 is 1.32 bits per heavy atom. The summed E-state index contributed by atoms with van der Waals surface area (Å²) in [5.74, 6) is 0.151. The summed E-state index contributed by atoms with van der Waals surface area (Å²) in [6.07, 6.45) is 7.82. The van der Waals surface area contributed by atoms with Crippen LogP contribution in [0.15, 0.2) is 18.6 Å². The van der Waals surface area contributed by atoms with Crippen LogP contribution in [0.1, 0.15) is 69.7 Å². The molecule has 10 heteroatoms. The van der Waals surface area contributed by atoms with Crippen LogP contribution in [0.4, 0.5) is 0 Å². The smallest absolute Gasteiger partial charge is 0.319 e. The van der Waals surface area contributed by atoms with Crippen LogP contribution in [0.25, 0.3) is 5.82 Å². The fourth-order valence-electron chi connectivity index (χ4n) is 3.59. The number of hydrogen-bond acceptors (Lipinski definition) is 7. The third kappa shape index (κ3) is 6.75. The third-order valence-corrected chi connectivity index (χ3v) is 5.42. The molecule has 1 aliphatic rings. The van der Waals surface area contributed by atoms with Gasteiger partial charge in [0.1, 0.15) is 13.7 Å². The highest BCUT2D eigenvalue weighted by Gasteiger charge is 2.34. The SMILES string of the molecule is CCC.CO[n+]1ccnc(-n2nc(C(=O)NC(COC(=O)CN)C(C)(C)C)c3c2CC(C)C3)c1. The Morgan fingerprint density at radius 3 is 2.59 bits per heavy atom. The van der Waals surface area contributed by atoms with Crippen LogP contribution < -0.4 is 20.6 Å². The van der Waals surface area contributed by atoms with Crippen molar-refractivity contribution in [1.82, 2.24) is 20.1 Å². The van der Waals surface area contributed by atoms with Crippen LogP contribution in [0, 0.1) is 11.3 Å². The van der Waals surface area contributed by atoms with Crippen LogP contribution in [0.2, 0.25) is 0 Å². The molecule has 2 atom stereocenters. The number of rotatable bonds is 7. The van der Waals surface area contributed by atoms with Gasteiger partial charge in [0.05, 0.1) is 24.5 Å². The standard InChI is InChI=1S/C21H30N6O4.C3H8/c1-13-8-14-15(9-13)27(17-11-26(30-5)7-6-23-17)25-19(14)20(29)24-16(21(2,3)4)12-31-18(28)10-22;1-3-2/h6-7,11,13,16H,8-10,12,22H2,1-5H3;3H2,1-2H3/p+1. The van der Waals surface area contributed by atoms with Gasteiger partial charge in [0.2, 0.25) is 12.0 Å². The molecule has 34 heavy (non-hydrogen) atoms. The monoisotopic (exact) mass is 475 g/mol. The molecule has 0 aliphatic heterocycles. The summed E-state index contributed by atoms with van der Waals surface area (Å²) in [6.45, 7) is 12.1. The number of amides is 1. The molecule has 0 aromatic carbocycles. The zero-order chi connectivity index (χ0) is 25.5. The number of hydrogen-bond donors (Lipinski definition) is 2. The number of fused-ring (bicyclic) bond motifs is 1. The van der Waals surface area contributed by atoms with E-state index in [9.17, 15) is 9.59 Å². The Bertz CT molecular complexity index is 982. The topological polar surface area (TPSA) is 125 Å². The maximum atomic E-state index is 13.2.